The third-order valence-corrected chi connectivity index (χ3v) is 5.08. The summed E-state index contributed by atoms with van der Waals surface area (Å²) < 4.78 is 5.71. The molecule has 0 aliphatic carbocycles. The van der Waals surface area contributed by atoms with Crippen molar-refractivity contribution in [2.24, 2.45) is 10.7 Å². The Kier molecular flexibility index (Phi) is 5.31. The summed E-state index contributed by atoms with van der Waals surface area (Å²) in [5, 5.41) is 5.11. The third-order valence-electron chi connectivity index (χ3n) is 4.27. The fraction of sp³-hybridized carbons (Fsp3) is 0.0455. The molecule has 3 N–H and O–H groups in total. The molecule has 1 heterocycles. The van der Waals surface area contributed by atoms with E-state index in [1.165, 1.54) is 0 Å². The molecule has 6 nitrogen and oxygen atoms in total. The molecule has 3 aromatic carbocycles. The SMILES string of the molecule is NC1=NC(=O)/C(=C/c2ccccc2OCC(=O)Nc2cccc3ccccc23)S1. The van der Waals surface area contributed by atoms with Crippen LogP contribution >= 0.6 is 11.8 Å². The van der Waals surface area contributed by atoms with Gasteiger partial charge in [0.25, 0.3) is 11.8 Å². The highest BCUT2D eigenvalue weighted by Crippen LogP contribution is 2.29. The van der Waals surface area contributed by atoms with E-state index in [0.717, 1.165) is 28.2 Å². The highest BCUT2D eigenvalue weighted by molar-refractivity contribution is 8.18. The van der Waals surface area contributed by atoms with Gasteiger partial charge in [0.05, 0.1) is 4.91 Å². The smallest absolute Gasteiger partial charge is 0.286 e. The molecule has 0 bridgehead atoms. The molecule has 0 unspecified atom stereocenters. The lowest BCUT2D eigenvalue weighted by atomic mass is 10.1. The van der Waals surface area contributed by atoms with Crippen LogP contribution in [0.3, 0.4) is 0 Å². The number of amides is 2. The Bertz CT molecular complexity index is 1170. The summed E-state index contributed by atoms with van der Waals surface area (Å²) in [4.78, 5) is 28.4. The standard InChI is InChI=1S/C22H17N3O3S/c23-22-25-21(27)19(29-22)12-15-7-2-4-11-18(15)28-13-20(26)24-17-10-5-8-14-6-1-3-9-16(14)17/h1-12H,13H2,(H,24,26)(H2,23,25,27)/b19-12-. The van der Waals surface area contributed by atoms with Crippen LogP contribution in [0.15, 0.2) is 76.6 Å². The van der Waals surface area contributed by atoms with Crippen LogP contribution in [0.25, 0.3) is 16.8 Å². The number of fused-ring (bicyclic) bond motifs is 1. The van der Waals surface area contributed by atoms with Gasteiger partial charge in [0.15, 0.2) is 11.8 Å². The van der Waals surface area contributed by atoms with Gasteiger partial charge in [-0.3, -0.25) is 9.59 Å². The molecule has 0 aromatic heterocycles. The molecule has 1 aliphatic rings. The fourth-order valence-corrected chi connectivity index (χ4v) is 3.63. The number of amidine groups is 1. The number of thioether (sulfide) groups is 1. The van der Waals surface area contributed by atoms with Crippen LogP contribution in [-0.4, -0.2) is 23.6 Å². The van der Waals surface area contributed by atoms with Crippen LogP contribution in [-0.2, 0) is 9.59 Å². The zero-order valence-electron chi connectivity index (χ0n) is 15.3. The molecule has 0 radical (unpaired) electrons. The van der Waals surface area contributed by atoms with Gasteiger partial charge in [-0.25, -0.2) is 0 Å². The highest BCUT2D eigenvalue weighted by atomic mass is 32.2. The Morgan fingerprint density at radius 3 is 2.66 bits per heavy atom. The molecule has 0 fully saturated rings. The number of benzene rings is 3. The van der Waals surface area contributed by atoms with Gasteiger partial charge >= 0.3 is 0 Å². The minimum atomic E-state index is -0.379. The van der Waals surface area contributed by atoms with Crippen molar-refractivity contribution >= 4 is 51.3 Å². The van der Waals surface area contributed by atoms with Crippen molar-refractivity contribution in [1.29, 1.82) is 0 Å². The average Bonchev–Trinajstić information content (AvgIpc) is 3.04. The van der Waals surface area contributed by atoms with Crippen molar-refractivity contribution in [3.8, 4) is 5.75 Å². The predicted octanol–water partition coefficient (Wildman–Crippen LogP) is 3.79. The van der Waals surface area contributed by atoms with E-state index in [1.807, 2.05) is 48.5 Å². The van der Waals surface area contributed by atoms with Gasteiger partial charge in [-0.15, -0.1) is 0 Å². The average molecular weight is 403 g/mol. The lowest BCUT2D eigenvalue weighted by Gasteiger charge is -2.11. The second-order valence-electron chi connectivity index (χ2n) is 6.27. The minimum Gasteiger partial charge on any atom is -0.483 e. The van der Waals surface area contributed by atoms with Crippen LogP contribution in [0.4, 0.5) is 5.69 Å². The van der Waals surface area contributed by atoms with E-state index >= 15 is 0 Å². The topological polar surface area (TPSA) is 93.8 Å². The maximum atomic E-state index is 12.4. The van der Waals surface area contributed by atoms with Gasteiger partial charge < -0.3 is 15.8 Å². The largest absolute Gasteiger partial charge is 0.483 e. The lowest BCUT2D eigenvalue weighted by molar-refractivity contribution is -0.118. The summed E-state index contributed by atoms with van der Waals surface area (Å²) in [6.45, 7) is -0.164. The lowest BCUT2D eigenvalue weighted by Crippen LogP contribution is -2.20. The Balaban J connectivity index is 1.46. The monoisotopic (exact) mass is 403 g/mol. The molecule has 7 heteroatoms. The summed E-state index contributed by atoms with van der Waals surface area (Å²) >= 11 is 1.11. The van der Waals surface area contributed by atoms with E-state index < -0.39 is 0 Å². The number of nitrogens with zero attached hydrogens (tertiary/aromatic N) is 1. The molecule has 0 saturated heterocycles. The van der Waals surface area contributed by atoms with Crippen molar-refractivity contribution in [3.63, 3.8) is 0 Å². The molecular formula is C22H17N3O3S. The second-order valence-corrected chi connectivity index (χ2v) is 7.33. The molecule has 3 aromatic rings. The maximum Gasteiger partial charge on any atom is 0.286 e. The zero-order chi connectivity index (χ0) is 20.2. The summed E-state index contributed by atoms with van der Waals surface area (Å²) in [6, 6.07) is 20.7. The first-order valence-corrected chi connectivity index (χ1v) is 9.69. The summed E-state index contributed by atoms with van der Waals surface area (Å²) in [5.74, 6) is -0.161. The van der Waals surface area contributed by atoms with Gasteiger partial charge in [-0.05, 0) is 35.4 Å². The van der Waals surface area contributed by atoms with Crippen LogP contribution < -0.4 is 15.8 Å². The first-order valence-electron chi connectivity index (χ1n) is 8.87. The minimum absolute atomic E-state index is 0.164. The van der Waals surface area contributed by atoms with Crippen LogP contribution in [0.5, 0.6) is 5.75 Å². The van der Waals surface area contributed by atoms with E-state index in [0.29, 0.717) is 16.2 Å². The molecule has 0 atom stereocenters. The number of para-hydroxylation sites is 1. The number of nitrogens with two attached hydrogens (primary N) is 1. The van der Waals surface area contributed by atoms with Crippen molar-refractivity contribution in [1.82, 2.24) is 0 Å². The number of rotatable bonds is 5. The molecule has 0 spiro atoms. The number of aliphatic imine (C=N–C) groups is 1. The van der Waals surface area contributed by atoms with Crippen LogP contribution in [0.1, 0.15) is 5.56 Å². The molecule has 1 aliphatic heterocycles. The van der Waals surface area contributed by atoms with Crippen molar-refractivity contribution in [2.75, 3.05) is 11.9 Å². The Labute approximate surface area is 171 Å². The van der Waals surface area contributed by atoms with Gasteiger partial charge in [0, 0.05) is 16.6 Å². The molecule has 29 heavy (non-hydrogen) atoms. The van der Waals surface area contributed by atoms with Gasteiger partial charge in [0.2, 0.25) is 0 Å². The van der Waals surface area contributed by atoms with Crippen molar-refractivity contribution < 1.29 is 14.3 Å². The van der Waals surface area contributed by atoms with E-state index in [4.69, 9.17) is 10.5 Å². The number of anilines is 1. The van der Waals surface area contributed by atoms with Crippen molar-refractivity contribution in [2.45, 2.75) is 0 Å². The summed E-state index contributed by atoms with van der Waals surface area (Å²) in [7, 11) is 0. The quantitative estimate of drug-likeness (QED) is 0.632. The number of carbonyl (C=O) groups excluding carboxylic acids is 2. The fourth-order valence-electron chi connectivity index (χ4n) is 2.96. The van der Waals surface area contributed by atoms with E-state index in [9.17, 15) is 9.59 Å². The molecule has 0 saturated carbocycles. The normalized spacial score (nSPS) is 14.8. The van der Waals surface area contributed by atoms with Gasteiger partial charge in [-0.2, -0.15) is 4.99 Å². The summed E-state index contributed by atoms with van der Waals surface area (Å²) in [6.07, 6.45) is 1.66. The first kappa shape index (κ1) is 18.8. The number of ether oxygens (including phenoxy) is 1. The highest BCUT2D eigenvalue weighted by Gasteiger charge is 2.20. The molecular weight excluding hydrogens is 386 g/mol. The number of nitrogens with one attached hydrogen (secondary N) is 1. The zero-order valence-corrected chi connectivity index (χ0v) is 16.1. The van der Waals surface area contributed by atoms with E-state index in [1.54, 1.807) is 24.3 Å². The van der Waals surface area contributed by atoms with Crippen molar-refractivity contribution in [3.05, 3.63) is 77.2 Å². The third kappa shape index (κ3) is 4.30. The maximum absolute atomic E-state index is 12.4. The number of hydrogen-bond acceptors (Lipinski definition) is 5. The Hall–Kier alpha value is -3.58. The predicted molar refractivity (Wildman–Crippen MR) is 117 cm³/mol. The number of hydrogen-bond donors (Lipinski definition) is 2. The molecule has 4 rings (SSSR count). The second kappa shape index (κ2) is 8.20. The molecule has 144 valence electrons. The Morgan fingerprint density at radius 1 is 1.07 bits per heavy atom. The first-order chi connectivity index (χ1) is 14.1. The van der Waals surface area contributed by atoms with E-state index in [-0.39, 0.29) is 23.6 Å². The summed E-state index contributed by atoms with van der Waals surface area (Å²) in [5.41, 5.74) is 6.99. The van der Waals surface area contributed by atoms with Crippen LogP contribution in [0, 0.1) is 0 Å². The molecule has 2 amide bonds. The number of carbonyl (C=O) groups is 2. The van der Waals surface area contributed by atoms with Crippen LogP contribution in [0.2, 0.25) is 0 Å². The van der Waals surface area contributed by atoms with Gasteiger partial charge in [-0.1, -0.05) is 54.6 Å². The Morgan fingerprint density at radius 2 is 1.83 bits per heavy atom. The van der Waals surface area contributed by atoms with E-state index in [2.05, 4.69) is 10.3 Å². The van der Waals surface area contributed by atoms with Gasteiger partial charge in [0.1, 0.15) is 5.75 Å².